The van der Waals surface area contributed by atoms with Crippen molar-refractivity contribution in [2.24, 2.45) is 0 Å². The summed E-state index contributed by atoms with van der Waals surface area (Å²) in [5.41, 5.74) is 7.25. The lowest BCUT2D eigenvalue weighted by Crippen LogP contribution is -2.11. The fraction of sp³-hybridized carbons (Fsp3) is 0.435. The molecule has 0 unspecified atom stereocenters. The van der Waals surface area contributed by atoms with E-state index in [1.807, 2.05) is 11.3 Å². The molecule has 0 aliphatic heterocycles. The van der Waals surface area contributed by atoms with Crippen molar-refractivity contribution >= 4 is 21.6 Å². The van der Waals surface area contributed by atoms with Gasteiger partial charge in [-0.25, -0.2) is 4.98 Å². The van der Waals surface area contributed by atoms with Crippen molar-refractivity contribution in [3.8, 4) is 16.9 Å². The highest BCUT2D eigenvalue weighted by molar-refractivity contribution is 7.19. The Balaban J connectivity index is 1.84. The molecule has 0 saturated heterocycles. The highest BCUT2D eigenvalue weighted by atomic mass is 32.1. The SMILES string of the molecule is COc1ccc(-c2c3c(nc4sc5c(c24)CCCC5)[C@H](C)CCC3)cc1. The van der Waals surface area contributed by atoms with Gasteiger partial charge in [-0.15, -0.1) is 11.3 Å². The molecule has 5 rings (SSSR count). The van der Waals surface area contributed by atoms with Gasteiger partial charge in [0, 0.05) is 16.0 Å². The number of aryl methyl sites for hydroxylation is 2. The van der Waals surface area contributed by atoms with E-state index in [0.717, 1.165) is 12.2 Å². The summed E-state index contributed by atoms with van der Waals surface area (Å²) >= 11 is 1.96. The maximum atomic E-state index is 5.39. The number of hydrogen-bond donors (Lipinski definition) is 0. The molecule has 0 fully saturated rings. The number of benzene rings is 1. The number of nitrogens with zero attached hydrogens (tertiary/aromatic N) is 1. The van der Waals surface area contributed by atoms with Gasteiger partial charge in [0.05, 0.1) is 7.11 Å². The molecule has 0 saturated carbocycles. The first-order chi connectivity index (χ1) is 12.8. The van der Waals surface area contributed by atoms with E-state index in [9.17, 15) is 0 Å². The predicted molar refractivity (Wildman–Crippen MR) is 110 cm³/mol. The average Bonchev–Trinajstić information content (AvgIpc) is 3.05. The van der Waals surface area contributed by atoms with E-state index in [4.69, 9.17) is 9.72 Å². The van der Waals surface area contributed by atoms with Crippen LogP contribution in [-0.4, -0.2) is 12.1 Å². The molecule has 0 bridgehead atoms. The van der Waals surface area contributed by atoms with Crippen molar-refractivity contribution < 1.29 is 4.74 Å². The zero-order valence-electron chi connectivity index (χ0n) is 15.6. The molecule has 1 atom stereocenters. The van der Waals surface area contributed by atoms with Crippen LogP contribution in [0.15, 0.2) is 24.3 Å². The first-order valence-electron chi connectivity index (χ1n) is 9.87. The lowest BCUT2D eigenvalue weighted by atomic mass is 9.81. The minimum Gasteiger partial charge on any atom is -0.497 e. The summed E-state index contributed by atoms with van der Waals surface area (Å²) in [6.07, 6.45) is 8.79. The first kappa shape index (κ1) is 16.3. The summed E-state index contributed by atoms with van der Waals surface area (Å²) in [6.45, 7) is 2.35. The van der Waals surface area contributed by atoms with Gasteiger partial charge >= 0.3 is 0 Å². The number of aromatic nitrogens is 1. The summed E-state index contributed by atoms with van der Waals surface area (Å²) in [5, 5.41) is 1.46. The average molecular weight is 364 g/mol. The number of pyridine rings is 1. The van der Waals surface area contributed by atoms with Crippen LogP contribution in [0, 0.1) is 0 Å². The van der Waals surface area contributed by atoms with Crippen molar-refractivity contribution in [3.05, 3.63) is 46.0 Å². The van der Waals surface area contributed by atoms with Gasteiger partial charge in [-0.3, -0.25) is 0 Å². The quantitative estimate of drug-likeness (QED) is 0.534. The second kappa shape index (κ2) is 6.38. The molecule has 2 aromatic heterocycles. The zero-order chi connectivity index (χ0) is 17.7. The van der Waals surface area contributed by atoms with E-state index in [-0.39, 0.29) is 0 Å². The molecule has 0 N–H and O–H groups in total. The molecule has 0 amide bonds. The molecule has 3 heteroatoms. The van der Waals surface area contributed by atoms with Gasteiger partial charge in [0.2, 0.25) is 0 Å². The smallest absolute Gasteiger partial charge is 0.124 e. The van der Waals surface area contributed by atoms with E-state index in [2.05, 4.69) is 31.2 Å². The van der Waals surface area contributed by atoms with Gasteiger partial charge in [0.1, 0.15) is 10.6 Å². The molecule has 2 heterocycles. The lowest BCUT2D eigenvalue weighted by molar-refractivity contribution is 0.415. The van der Waals surface area contributed by atoms with Crippen molar-refractivity contribution in [3.63, 3.8) is 0 Å². The Bertz CT molecular complexity index is 970. The normalized spacial score (nSPS) is 19.2. The van der Waals surface area contributed by atoms with Gasteiger partial charge in [0.25, 0.3) is 0 Å². The molecule has 2 nitrogen and oxygen atoms in total. The van der Waals surface area contributed by atoms with Gasteiger partial charge in [-0.2, -0.15) is 0 Å². The molecule has 2 aliphatic rings. The maximum Gasteiger partial charge on any atom is 0.124 e. The molecule has 26 heavy (non-hydrogen) atoms. The zero-order valence-corrected chi connectivity index (χ0v) is 16.4. The number of ether oxygens (including phenoxy) is 1. The molecule has 0 spiro atoms. The number of fused-ring (bicyclic) bond motifs is 4. The summed E-state index contributed by atoms with van der Waals surface area (Å²) in [4.78, 5) is 8.08. The second-order valence-corrected chi connectivity index (χ2v) is 8.85. The molecular weight excluding hydrogens is 338 g/mol. The highest BCUT2D eigenvalue weighted by Crippen LogP contribution is 2.46. The van der Waals surface area contributed by atoms with Crippen LogP contribution < -0.4 is 4.74 Å². The van der Waals surface area contributed by atoms with Crippen molar-refractivity contribution in [1.29, 1.82) is 0 Å². The Labute approximate surface area is 159 Å². The summed E-state index contributed by atoms with van der Waals surface area (Å²) in [6, 6.07) is 8.66. The van der Waals surface area contributed by atoms with Crippen LogP contribution in [0.2, 0.25) is 0 Å². The van der Waals surface area contributed by atoms with Crippen LogP contribution in [0.5, 0.6) is 5.75 Å². The van der Waals surface area contributed by atoms with Crippen LogP contribution in [0.1, 0.15) is 60.2 Å². The van der Waals surface area contributed by atoms with Crippen molar-refractivity contribution in [1.82, 2.24) is 4.98 Å². The summed E-state index contributed by atoms with van der Waals surface area (Å²) in [7, 11) is 1.73. The third kappa shape index (κ3) is 2.48. The Hall–Kier alpha value is -1.87. The maximum absolute atomic E-state index is 5.39. The number of methoxy groups -OCH3 is 1. The van der Waals surface area contributed by atoms with E-state index in [1.165, 1.54) is 71.1 Å². The Morgan fingerprint density at radius 3 is 2.58 bits per heavy atom. The van der Waals surface area contributed by atoms with Crippen LogP contribution in [0.3, 0.4) is 0 Å². The molecule has 1 aromatic carbocycles. The van der Waals surface area contributed by atoms with Gasteiger partial charge in [0.15, 0.2) is 0 Å². The van der Waals surface area contributed by atoms with Gasteiger partial charge in [-0.1, -0.05) is 19.1 Å². The minimum absolute atomic E-state index is 0.569. The topological polar surface area (TPSA) is 22.1 Å². The Morgan fingerprint density at radius 2 is 1.77 bits per heavy atom. The van der Waals surface area contributed by atoms with E-state index in [1.54, 1.807) is 17.6 Å². The predicted octanol–water partition coefficient (Wildman–Crippen LogP) is 6.29. The largest absolute Gasteiger partial charge is 0.497 e. The van der Waals surface area contributed by atoms with Crippen LogP contribution in [-0.2, 0) is 19.3 Å². The summed E-state index contributed by atoms with van der Waals surface area (Å²) in [5.74, 6) is 1.49. The third-order valence-electron chi connectivity index (χ3n) is 6.15. The van der Waals surface area contributed by atoms with E-state index in [0.29, 0.717) is 5.92 Å². The van der Waals surface area contributed by atoms with Crippen LogP contribution in [0.25, 0.3) is 21.3 Å². The molecule has 0 radical (unpaired) electrons. The fourth-order valence-electron chi connectivity index (χ4n) is 4.80. The third-order valence-corrected chi connectivity index (χ3v) is 7.33. The van der Waals surface area contributed by atoms with Crippen molar-refractivity contribution in [2.75, 3.05) is 7.11 Å². The standard InChI is InChI=1S/C23H25NOS/c1-14-6-5-8-18-20(15-10-12-16(25-2)13-11-15)21-17-7-3-4-9-19(17)26-23(21)24-22(14)18/h10-14H,3-9H2,1-2H3/t14-/m1/s1. The molecule has 3 aromatic rings. The number of thiophene rings is 1. The van der Waals surface area contributed by atoms with Crippen molar-refractivity contribution in [2.45, 2.75) is 57.8 Å². The van der Waals surface area contributed by atoms with E-state index >= 15 is 0 Å². The first-order valence-corrected chi connectivity index (χ1v) is 10.7. The molecule has 2 aliphatic carbocycles. The van der Waals surface area contributed by atoms with Gasteiger partial charge < -0.3 is 4.74 Å². The Morgan fingerprint density at radius 1 is 1.00 bits per heavy atom. The second-order valence-electron chi connectivity index (χ2n) is 7.76. The highest BCUT2D eigenvalue weighted by Gasteiger charge is 2.27. The van der Waals surface area contributed by atoms with Crippen LogP contribution >= 0.6 is 11.3 Å². The number of hydrogen-bond acceptors (Lipinski definition) is 3. The van der Waals surface area contributed by atoms with E-state index < -0.39 is 0 Å². The summed E-state index contributed by atoms with van der Waals surface area (Å²) < 4.78 is 5.39. The van der Waals surface area contributed by atoms with Crippen LogP contribution in [0.4, 0.5) is 0 Å². The monoisotopic (exact) mass is 363 g/mol. The fourth-order valence-corrected chi connectivity index (χ4v) is 6.08. The minimum atomic E-state index is 0.569. The molecular formula is C23H25NOS. The Kier molecular flexibility index (Phi) is 4.00. The number of rotatable bonds is 2. The molecule has 134 valence electrons. The lowest BCUT2D eigenvalue weighted by Gasteiger charge is -2.25. The van der Waals surface area contributed by atoms with Gasteiger partial charge in [-0.05, 0) is 85.3 Å².